The molecule has 2 aromatic rings. The number of carbonyl (C=O) groups is 3. The summed E-state index contributed by atoms with van der Waals surface area (Å²) in [4.78, 5) is 42.5. The lowest BCUT2D eigenvalue weighted by Gasteiger charge is -2.33. The van der Waals surface area contributed by atoms with Gasteiger partial charge < -0.3 is 24.4 Å². The normalized spacial score (nSPS) is 16.3. The zero-order chi connectivity index (χ0) is 21.3. The average molecular weight is 410 g/mol. The van der Waals surface area contributed by atoms with Crippen LogP contribution in [-0.4, -0.2) is 61.4 Å². The van der Waals surface area contributed by atoms with Gasteiger partial charge in [-0.05, 0) is 49.1 Å². The monoisotopic (exact) mass is 410 g/mol. The van der Waals surface area contributed by atoms with E-state index in [1.54, 1.807) is 34.9 Å². The lowest BCUT2D eigenvalue weighted by Crippen LogP contribution is -2.45. The first-order valence-electron chi connectivity index (χ1n) is 10.2. The second-order valence-electron chi connectivity index (χ2n) is 7.99. The Bertz CT molecular complexity index is 946. The molecule has 0 aliphatic carbocycles. The number of carbonyl (C=O) groups excluding carboxylic acids is 3. The number of hydrogen-bond acceptors (Lipinski definition) is 4. The molecule has 0 bridgehead atoms. The Balaban J connectivity index is 1.37. The van der Waals surface area contributed by atoms with Crippen LogP contribution in [-0.2, 0) is 11.2 Å². The molecule has 4 amide bonds. The van der Waals surface area contributed by atoms with Gasteiger partial charge in [0.25, 0.3) is 5.91 Å². The minimum Gasteiger partial charge on any atom is -0.472 e. The Kier molecular flexibility index (Phi) is 5.48. The number of anilines is 2. The van der Waals surface area contributed by atoms with Crippen molar-refractivity contribution in [2.24, 2.45) is 5.92 Å². The van der Waals surface area contributed by atoms with Gasteiger partial charge in [-0.25, -0.2) is 4.79 Å². The fourth-order valence-electron chi connectivity index (χ4n) is 4.09. The molecule has 4 rings (SSSR count). The van der Waals surface area contributed by atoms with Crippen LogP contribution < -0.4 is 10.2 Å². The Morgan fingerprint density at radius 1 is 1.10 bits per heavy atom. The summed E-state index contributed by atoms with van der Waals surface area (Å²) < 4.78 is 5.02. The molecule has 30 heavy (non-hydrogen) atoms. The van der Waals surface area contributed by atoms with E-state index in [1.165, 1.54) is 12.5 Å². The van der Waals surface area contributed by atoms with E-state index in [4.69, 9.17) is 4.42 Å². The summed E-state index contributed by atoms with van der Waals surface area (Å²) in [5, 5.41) is 3.01. The van der Waals surface area contributed by atoms with Crippen molar-refractivity contribution in [2.75, 3.05) is 43.9 Å². The quantitative estimate of drug-likeness (QED) is 0.843. The molecule has 0 unspecified atom stereocenters. The highest BCUT2D eigenvalue weighted by Crippen LogP contribution is 2.32. The predicted molar refractivity (Wildman–Crippen MR) is 113 cm³/mol. The number of furan rings is 1. The lowest BCUT2D eigenvalue weighted by atomic mass is 9.96. The smallest absolute Gasteiger partial charge is 0.319 e. The van der Waals surface area contributed by atoms with E-state index >= 15 is 0 Å². The Morgan fingerprint density at radius 3 is 2.53 bits per heavy atom. The van der Waals surface area contributed by atoms with E-state index in [1.807, 2.05) is 18.2 Å². The average Bonchev–Trinajstić information content (AvgIpc) is 3.42. The second kappa shape index (κ2) is 8.22. The standard InChI is InChI=1S/C22H26N4O4/c1-24(2)22(29)25-9-5-15(6-10-25)20(27)23-18-3-4-19-16(13-18)7-11-26(19)21(28)17-8-12-30-14-17/h3-4,8,12-15H,5-7,9-11H2,1-2H3,(H,23,27). The first-order chi connectivity index (χ1) is 14.4. The van der Waals surface area contributed by atoms with Gasteiger partial charge in [0.15, 0.2) is 0 Å². The van der Waals surface area contributed by atoms with Crippen molar-refractivity contribution in [3.63, 3.8) is 0 Å². The molecule has 8 heteroatoms. The van der Waals surface area contributed by atoms with Crippen molar-refractivity contribution >= 4 is 29.2 Å². The summed E-state index contributed by atoms with van der Waals surface area (Å²) in [5.41, 5.74) is 3.17. The van der Waals surface area contributed by atoms with E-state index in [0.29, 0.717) is 38.0 Å². The maximum Gasteiger partial charge on any atom is 0.319 e. The van der Waals surface area contributed by atoms with Gasteiger partial charge >= 0.3 is 6.03 Å². The van der Waals surface area contributed by atoms with Gasteiger partial charge in [-0.3, -0.25) is 9.59 Å². The van der Waals surface area contributed by atoms with E-state index < -0.39 is 0 Å². The maximum atomic E-state index is 12.7. The minimum absolute atomic E-state index is 0.0120. The minimum atomic E-state index is -0.108. The van der Waals surface area contributed by atoms with Crippen LogP contribution in [0, 0.1) is 5.92 Å². The first-order valence-corrected chi connectivity index (χ1v) is 10.2. The number of amides is 4. The van der Waals surface area contributed by atoms with Gasteiger partial charge in [-0.1, -0.05) is 0 Å². The fraction of sp³-hybridized carbons (Fsp3) is 0.409. The molecule has 1 N–H and O–H groups in total. The highest BCUT2D eigenvalue weighted by molar-refractivity contribution is 6.07. The third-order valence-corrected chi connectivity index (χ3v) is 5.77. The van der Waals surface area contributed by atoms with Gasteiger partial charge in [0.2, 0.25) is 5.91 Å². The topological polar surface area (TPSA) is 86.1 Å². The SMILES string of the molecule is CN(C)C(=O)N1CCC(C(=O)Nc2ccc3c(c2)CCN3C(=O)c2ccoc2)CC1. The van der Waals surface area contributed by atoms with Crippen LogP contribution in [0.1, 0.15) is 28.8 Å². The largest absolute Gasteiger partial charge is 0.472 e. The predicted octanol–water partition coefficient (Wildman–Crippen LogP) is 2.81. The third-order valence-electron chi connectivity index (χ3n) is 5.77. The number of piperidine rings is 1. The summed E-state index contributed by atoms with van der Waals surface area (Å²) in [7, 11) is 3.47. The maximum absolute atomic E-state index is 12.7. The molecule has 0 spiro atoms. The van der Waals surface area contributed by atoms with E-state index in [9.17, 15) is 14.4 Å². The molecular formula is C22H26N4O4. The molecule has 0 radical (unpaired) electrons. The van der Waals surface area contributed by atoms with Crippen molar-refractivity contribution in [1.29, 1.82) is 0 Å². The van der Waals surface area contributed by atoms with Crippen LogP contribution in [0.15, 0.2) is 41.2 Å². The number of urea groups is 1. The molecule has 3 heterocycles. The Morgan fingerprint density at radius 2 is 1.87 bits per heavy atom. The number of likely N-dealkylation sites (tertiary alicyclic amines) is 1. The van der Waals surface area contributed by atoms with Crippen LogP contribution in [0.25, 0.3) is 0 Å². The number of fused-ring (bicyclic) bond motifs is 1. The van der Waals surface area contributed by atoms with Crippen LogP contribution >= 0.6 is 0 Å². The molecule has 2 aliphatic rings. The molecule has 1 aromatic carbocycles. The summed E-state index contributed by atoms with van der Waals surface area (Å²) >= 11 is 0. The molecule has 2 aliphatic heterocycles. The highest BCUT2D eigenvalue weighted by Gasteiger charge is 2.29. The summed E-state index contributed by atoms with van der Waals surface area (Å²) in [6.07, 6.45) is 5.00. The molecule has 1 saturated heterocycles. The second-order valence-corrected chi connectivity index (χ2v) is 7.99. The van der Waals surface area contributed by atoms with Crippen LogP contribution in [0.5, 0.6) is 0 Å². The Labute approximate surface area is 175 Å². The highest BCUT2D eigenvalue weighted by atomic mass is 16.3. The molecule has 158 valence electrons. The number of nitrogens with zero attached hydrogens (tertiary/aromatic N) is 3. The number of hydrogen-bond donors (Lipinski definition) is 1. The molecule has 1 aromatic heterocycles. The van der Waals surface area contributed by atoms with Crippen molar-refractivity contribution in [2.45, 2.75) is 19.3 Å². The summed E-state index contributed by atoms with van der Waals surface area (Å²) in [6, 6.07) is 7.31. The lowest BCUT2D eigenvalue weighted by molar-refractivity contribution is -0.121. The fourth-order valence-corrected chi connectivity index (χ4v) is 4.09. The molecule has 0 saturated carbocycles. The van der Waals surface area contributed by atoms with E-state index in [0.717, 1.165) is 23.4 Å². The van der Waals surface area contributed by atoms with E-state index in [2.05, 4.69) is 5.32 Å². The van der Waals surface area contributed by atoms with Gasteiger partial charge in [0.05, 0.1) is 11.8 Å². The molecule has 1 fully saturated rings. The summed E-state index contributed by atoms with van der Waals surface area (Å²) in [6.45, 7) is 1.78. The van der Waals surface area contributed by atoms with Crippen LogP contribution in [0.3, 0.4) is 0 Å². The number of nitrogens with one attached hydrogen (secondary N) is 1. The zero-order valence-corrected chi connectivity index (χ0v) is 17.3. The van der Waals surface area contributed by atoms with Crippen molar-refractivity contribution < 1.29 is 18.8 Å². The number of benzene rings is 1. The van der Waals surface area contributed by atoms with Crippen LogP contribution in [0.4, 0.5) is 16.2 Å². The van der Waals surface area contributed by atoms with Crippen LogP contribution in [0.2, 0.25) is 0 Å². The van der Waals surface area contributed by atoms with Crippen molar-refractivity contribution in [3.8, 4) is 0 Å². The first kappa shape index (κ1) is 20.0. The van der Waals surface area contributed by atoms with Gasteiger partial charge in [0.1, 0.15) is 6.26 Å². The van der Waals surface area contributed by atoms with Gasteiger partial charge in [0, 0.05) is 51.0 Å². The summed E-state index contributed by atoms with van der Waals surface area (Å²) in [5.74, 6) is -0.210. The number of rotatable bonds is 3. The van der Waals surface area contributed by atoms with Crippen molar-refractivity contribution in [3.05, 3.63) is 47.9 Å². The van der Waals surface area contributed by atoms with Gasteiger partial charge in [-0.15, -0.1) is 0 Å². The Hall–Kier alpha value is -3.29. The molecular weight excluding hydrogens is 384 g/mol. The molecule has 8 nitrogen and oxygen atoms in total. The zero-order valence-electron chi connectivity index (χ0n) is 17.3. The van der Waals surface area contributed by atoms with E-state index in [-0.39, 0.29) is 23.8 Å². The third kappa shape index (κ3) is 3.90. The van der Waals surface area contributed by atoms with Gasteiger partial charge in [-0.2, -0.15) is 0 Å². The van der Waals surface area contributed by atoms with Crippen molar-refractivity contribution in [1.82, 2.24) is 9.80 Å². The molecule has 0 atom stereocenters.